The largest absolute Gasteiger partial charge is 0.466 e. The van der Waals surface area contributed by atoms with Gasteiger partial charge in [0.25, 0.3) is 0 Å². The van der Waals surface area contributed by atoms with E-state index in [1.165, 1.54) is 18.2 Å². The number of rotatable bonds is 4. The minimum atomic E-state index is -0.820. The van der Waals surface area contributed by atoms with Crippen molar-refractivity contribution in [1.82, 2.24) is 0 Å². The summed E-state index contributed by atoms with van der Waals surface area (Å²) in [5, 5.41) is 2.47. The van der Waals surface area contributed by atoms with Gasteiger partial charge in [0.15, 0.2) is 0 Å². The number of halogens is 1. The molecule has 0 amide bonds. The van der Waals surface area contributed by atoms with Gasteiger partial charge in [-0.15, -0.1) is 12.6 Å². The number of carbonyl (C=O) groups is 2. The highest BCUT2D eigenvalue weighted by atomic mass is 32.1. The average Bonchev–Trinajstić information content (AvgIpc) is 2.39. The lowest BCUT2D eigenvalue weighted by atomic mass is 10.3. The fourth-order valence-corrected chi connectivity index (χ4v) is 1.37. The smallest absolute Gasteiger partial charge is 0.354 e. The standard InChI is InChI=1S/C12H12FNO4S/c1-17-11(15)6-10(12(16)18-2)14-9-4-3-7(19)5-8(9)13/h3-6,14,19H,1-2H3/b10-6+. The van der Waals surface area contributed by atoms with Crippen molar-refractivity contribution in [3.63, 3.8) is 0 Å². The van der Waals surface area contributed by atoms with Gasteiger partial charge in [0.2, 0.25) is 0 Å². The molecule has 102 valence electrons. The monoisotopic (exact) mass is 285 g/mol. The van der Waals surface area contributed by atoms with Gasteiger partial charge in [0, 0.05) is 4.90 Å². The molecule has 0 aliphatic carbocycles. The van der Waals surface area contributed by atoms with Gasteiger partial charge in [-0.3, -0.25) is 0 Å². The molecule has 0 unspecified atom stereocenters. The summed E-state index contributed by atoms with van der Waals surface area (Å²) < 4.78 is 22.5. The Morgan fingerprint density at radius 1 is 1.32 bits per heavy atom. The lowest BCUT2D eigenvalue weighted by Gasteiger charge is -2.10. The third-order valence-electron chi connectivity index (χ3n) is 2.09. The lowest BCUT2D eigenvalue weighted by Crippen LogP contribution is -2.16. The Morgan fingerprint density at radius 2 is 2.00 bits per heavy atom. The van der Waals surface area contributed by atoms with Gasteiger partial charge in [0.05, 0.1) is 26.0 Å². The summed E-state index contributed by atoms with van der Waals surface area (Å²) in [4.78, 5) is 23.0. The van der Waals surface area contributed by atoms with E-state index in [9.17, 15) is 14.0 Å². The summed E-state index contributed by atoms with van der Waals surface area (Å²) in [5.41, 5.74) is -0.224. The van der Waals surface area contributed by atoms with Gasteiger partial charge in [-0.05, 0) is 18.2 Å². The Kier molecular flexibility index (Phi) is 5.37. The first-order chi connectivity index (χ1) is 8.97. The first kappa shape index (κ1) is 15.0. The van der Waals surface area contributed by atoms with Crippen LogP contribution >= 0.6 is 12.6 Å². The second-order valence-corrected chi connectivity index (χ2v) is 3.88. The molecule has 0 saturated carbocycles. The van der Waals surface area contributed by atoms with Crippen LogP contribution in [-0.4, -0.2) is 26.2 Å². The molecule has 0 fully saturated rings. The van der Waals surface area contributed by atoms with E-state index in [2.05, 4.69) is 27.4 Å². The van der Waals surface area contributed by atoms with Gasteiger partial charge in [0.1, 0.15) is 11.5 Å². The van der Waals surface area contributed by atoms with E-state index < -0.39 is 17.8 Å². The number of esters is 2. The number of hydrogen-bond acceptors (Lipinski definition) is 6. The number of anilines is 1. The van der Waals surface area contributed by atoms with Gasteiger partial charge in [-0.2, -0.15) is 0 Å². The van der Waals surface area contributed by atoms with Gasteiger partial charge in [-0.25, -0.2) is 14.0 Å². The third kappa shape index (κ3) is 4.29. The normalized spacial score (nSPS) is 10.8. The van der Waals surface area contributed by atoms with Crippen LogP contribution in [0.1, 0.15) is 0 Å². The molecule has 0 saturated heterocycles. The van der Waals surface area contributed by atoms with Crippen molar-refractivity contribution in [2.45, 2.75) is 4.90 Å². The second-order valence-electron chi connectivity index (χ2n) is 3.36. The summed E-state index contributed by atoms with van der Waals surface area (Å²) in [6.45, 7) is 0. The van der Waals surface area contributed by atoms with E-state index in [4.69, 9.17) is 0 Å². The highest BCUT2D eigenvalue weighted by Crippen LogP contribution is 2.19. The number of methoxy groups -OCH3 is 2. The molecule has 0 radical (unpaired) electrons. The van der Waals surface area contributed by atoms with Crippen molar-refractivity contribution in [3.05, 3.63) is 35.8 Å². The molecule has 5 nitrogen and oxygen atoms in total. The molecule has 0 spiro atoms. The molecule has 0 aliphatic heterocycles. The molecular formula is C12H12FNO4S. The van der Waals surface area contributed by atoms with E-state index in [0.717, 1.165) is 20.3 Å². The van der Waals surface area contributed by atoms with Crippen LogP contribution in [-0.2, 0) is 19.1 Å². The second kappa shape index (κ2) is 6.79. The number of carbonyl (C=O) groups excluding carboxylic acids is 2. The molecule has 1 rings (SSSR count). The van der Waals surface area contributed by atoms with Crippen LogP contribution in [0.25, 0.3) is 0 Å². The topological polar surface area (TPSA) is 64.6 Å². The van der Waals surface area contributed by atoms with Crippen molar-refractivity contribution in [2.75, 3.05) is 19.5 Å². The van der Waals surface area contributed by atoms with Crippen LogP contribution in [0, 0.1) is 5.82 Å². The first-order valence-corrected chi connectivity index (χ1v) is 5.56. The van der Waals surface area contributed by atoms with E-state index in [1.54, 1.807) is 0 Å². The molecule has 0 aliphatic rings. The van der Waals surface area contributed by atoms with Crippen molar-refractivity contribution >= 4 is 30.3 Å². The minimum absolute atomic E-state index is 0.0124. The van der Waals surface area contributed by atoms with Crippen LogP contribution < -0.4 is 5.32 Å². The van der Waals surface area contributed by atoms with Crippen LogP contribution in [0.15, 0.2) is 34.9 Å². The zero-order valence-electron chi connectivity index (χ0n) is 10.3. The van der Waals surface area contributed by atoms with Crippen LogP contribution in [0.2, 0.25) is 0 Å². The van der Waals surface area contributed by atoms with E-state index in [0.29, 0.717) is 4.90 Å². The number of nitrogens with one attached hydrogen (secondary N) is 1. The molecule has 0 aromatic heterocycles. The highest BCUT2D eigenvalue weighted by Gasteiger charge is 2.14. The van der Waals surface area contributed by atoms with Crippen molar-refractivity contribution in [2.24, 2.45) is 0 Å². The molecule has 7 heteroatoms. The quantitative estimate of drug-likeness (QED) is 0.501. The maximum absolute atomic E-state index is 13.6. The van der Waals surface area contributed by atoms with Crippen LogP contribution in [0.5, 0.6) is 0 Å². The number of ether oxygens (including phenoxy) is 2. The first-order valence-electron chi connectivity index (χ1n) is 5.11. The lowest BCUT2D eigenvalue weighted by molar-refractivity contribution is -0.138. The third-order valence-corrected chi connectivity index (χ3v) is 2.37. The zero-order chi connectivity index (χ0) is 14.4. The number of benzene rings is 1. The zero-order valence-corrected chi connectivity index (χ0v) is 11.2. The minimum Gasteiger partial charge on any atom is -0.466 e. The summed E-state index contributed by atoms with van der Waals surface area (Å²) >= 11 is 3.97. The number of hydrogen-bond donors (Lipinski definition) is 2. The van der Waals surface area contributed by atoms with Gasteiger partial charge in [-0.1, -0.05) is 0 Å². The van der Waals surface area contributed by atoms with Crippen molar-refractivity contribution in [1.29, 1.82) is 0 Å². The summed E-state index contributed by atoms with van der Waals surface area (Å²) in [6, 6.07) is 4.08. The van der Waals surface area contributed by atoms with Crippen molar-refractivity contribution < 1.29 is 23.5 Å². The Morgan fingerprint density at radius 3 is 2.53 bits per heavy atom. The van der Waals surface area contributed by atoms with Crippen molar-refractivity contribution in [3.8, 4) is 0 Å². The molecule has 1 aromatic carbocycles. The summed E-state index contributed by atoms with van der Waals surface area (Å²) in [7, 11) is 2.30. The fraction of sp³-hybridized carbons (Fsp3) is 0.167. The molecule has 0 bridgehead atoms. The average molecular weight is 285 g/mol. The van der Waals surface area contributed by atoms with Gasteiger partial charge >= 0.3 is 11.9 Å². The van der Waals surface area contributed by atoms with Crippen LogP contribution in [0.4, 0.5) is 10.1 Å². The predicted octanol–water partition coefficient (Wildman–Crippen LogP) is 1.76. The Balaban J connectivity index is 3.04. The molecular weight excluding hydrogens is 273 g/mol. The Hall–Kier alpha value is -2.02. The maximum atomic E-state index is 13.6. The molecule has 0 heterocycles. The summed E-state index contributed by atoms with van der Waals surface area (Å²) in [6.07, 6.45) is 0.875. The Bertz CT molecular complexity index is 530. The predicted molar refractivity (Wildman–Crippen MR) is 69.4 cm³/mol. The van der Waals surface area contributed by atoms with Crippen LogP contribution in [0.3, 0.4) is 0 Å². The fourth-order valence-electron chi connectivity index (χ4n) is 1.18. The summed E-state index contributed by atoms with van der Waals surface area (Å²) in [5.74, 6) is -2.20. The highest BCUT2D eigenvalue weighted by molar-refractivity contribution is 7.80. The van der Waals surface area contributed by atoms with E-state index in [1.807, 2.05) is 0 Å². The molecule has 0 atom stereocenters. The molecule has 1 aromatic rings. The van der Waals surface area contributed by atoms with E-state index in [-0.39, 0.29) is 11.4 Å². The molecule has 19 heavy (non-hydrogen) atoms. The number of thiol groups is 1. The maximum Gasteiger partial charge on any atom is 0.354 e. The van der Waals surface area contributed by atoms with Gasteiger partial charge < -0.3 is 14.8 Å². The SMILES string of the molecule is COC(=O)/C=C(/Nc1ccc(S)cc1F)C(=O)OC. The Labute approximate surface area is 114 Å². The molecule has 1 N–H and O–H groups in total. The van der Waals surface area contributed by atoms with E-state index >= 15 is 0 Å².